The summed E-state index contributed by atoms with van der Waals surface area (Å²) in [5.74, 6) is 3.67. The van der Waals surface area contributed by atoms with Crippen LogP contribution in [0, 0.1) is 5.92 Å². The van der Waals surface area contributed by atoms with E-state index in [0.29, 0.717) is 19.4 Å². The molecule has 1 unspecified atom stereocenters. The van der Waals surface area contributed by atoms with Crippen LogP contribution in [0.1, 0.15) is 23.6 Å². The van der Waals surface area contributed by atoms with Crippen molar-refractivity contribution in [1.82, 2.24) is 0 Å². The van der Waals surface area contributed by atoms with E-state index < -0.39 is 0 Å². The predicted molar refractivity (Wildman–Crippen MR) is 209 cm³/mol. The molecule has 2 aliphatic rings. The number of anilines is 2. The fraction of sp³-hybridized carbons (Fsp3) is 0.174. The van der Waals surface area contributed by atoms with E-state index >= 15 is 0 Å². The van der Waals surface area contributed by atoms with Crippen LogP contribution in [0.15, 0.2) is 163 Å². The summed E-state index contributed by atoms with van der Waals surface area (Å²) in [7, 11) is 0. The average molecular weight is 671 g/mol. The second-order valence-electron chi connectivity index (χ2n) is 13.3. The molecule has 1 aliphatic heterocycles. The second kappa shape index (κ2) is 14.9. The molecule has 0 amide bonds. The summed E-state index contributed by atoms with van der Waals surface area (Å²) in [6.07, 6.45) is 6.54. The normalized spacial score (nSPS) is 17.4. The predicted octanol–water partition coefficient (Wildman–Crippen LogP) is 10.7. The van der Waals surface area contributed by atoms with Gasteiger partial charge in [0.15, 0.2) is 13.5 Å². The molecule has 1 heterocycles. The SMILES string of the molecule is CCN(COc1ccc2ccc(Oc3ccc4c(c3)/C=C3/OCN(c5ccccc5)C/C3=C\C(Cc3ccccc3)C4)cc2c1)c1ccccc1. The molecule has 0 bridgehead atoms. The van der Waals surface area contributed by atoms with Gasteiger partial charge in [-0.3, -0.25) is 0 Å². The molecular formula is C46H42N2O3. The summed E-state index contributed by atoms with van der Waals surface area (Å²) >= 11 is 0. The first kappa shape index (κ1) is 32.3. The molecule has 6 aromatic rings. The second-order valence-corrected chi connectivity index (χ2v) is 13.3. The van der Waals surface area contributed by atoms with Gasteiger partial charge in [0.25, 0.3) is 0 Å². The average Bonchev–Trinajstić information content (AvgIpc) is 3.17. The van der Waals surface area contributed by atoms with E-state index in [4.69, 9.17) is 14.2 Å². The molecule has 1 atom stereocenters. The number of fused-ring (bicyclic) bond motifs is 3. The molecule has 0 saturated carbocycles. The molecule has 0 aromatic heterocycles. The Morgan fingerprint density at radius 3 is 2.20 bits per heavy atom. The van der Waals surface area contributed by atoms with Gasteiger partial charge in [-0.15, -0.1) is 0 Å². The number of benzene rings is 6. The van der Waals surface area contributed by atoms with Crippen molar-refractivity contribution in [2.45, 2.75) is 19.8 Å². The highest BCUT2D eigenvalue weighted by atomic mass is 16.5. The first-order chi connectivity index (χ1) is 25.2. The van der Waals surface area contributed by atoms with Gasteiger partial charge in [0.1, 0.15) is 23.0 Å². The first-order valence-electron chi connectivity index (χ1n) is 17.8. The third kappa shape index (κ3) is 7.63. The quantitative estimate of drug-likeness (QED) is 0.136. The van der Waals surface area contributed by atoms with E-state index in [0.717, 1.165) is 71.0 Å². The maximum Gasteiger partial charge on any atom is 0.161 e. The minimum Gasteiger partial charge on any atom is -0.473 e. The molecule has 1 aliphatic carbocycles. The Bertz CT molecular complexity index is 2160. The van der Waals surface area contributed by atoms with E-state index in [1.54, 1.807) is 0 Å². The van der Waals surface area contributed by atoms with Gasteiger partial charge < -0.3 is 24.0 Å². The number of nitrogens with zero attached hydrogens (tertiary/aromatic N) is 2. The zero-order chi connectivity index (χ0) is 34.4. The fourth-order valence-electron chi connectivity index (χ4n) is 7.05. The van der Waals surface area contributed by atoms with Gasteiger partial charge in [0.2, 0.25) is 0 Å². The topological polar surface area (TPSA) is 34.2 Å². The van der Waals surface area contributed by atoms with Crippen LogP contribution in [0.4, 0.5) is 11.4 Å². The van der Waals surface area contributed by atoms with Gasteiger partial charge in [-0.1, -0.05) is 91.0 Å². The largest absolute Gasteiger partial charge is 0.473 e. The van der Waals surface area contributed by atoms with E-state index in [9.17, 15) is 0 Å². The molecular weight excluding hydrogens is 629 g/mol. The van der Waals surface area contributed by atoms with Crippen molar-refractivity contribution in [1.29, 1.82) is 0 Å². The highest BCUT2D eigenvalue weighted by Crippen LogP contribution is 2.35. The van der Waals surface area contributed by atoms with Gasteiger partial charge in [-0.2, -0.15) is 0 Å². The Balaban J connectivity index is 1.04. The van der Waals surface area contributed by atoms with Crippen LogP contribution in [0.2, 0.25) is 0 Å². The third-order valence-corrected chi connectivity index (χ3v) is 9.75. The van der Waals surface area contributed by atoms with E-state index in [2.05, 4.69) is 156 Å². The Labute approximate surface area is 300 Å². The summed E-state index contributed by atoms with van der Waals surface area (Å²) in [4.78, 5) is 4.50. The van der Waals surface area contributed by atoms with Crippen LogP contribution >= 0.6 is 0 Å². The highest BCUT2D eigenvalue weighted by molar-refractivity contribution is 5.85. The molecule has 6 aromatic carbocycles. The van der Waals surface area contributed by atoms with Gasteiger partial charge in [-0.05, 0) is 120 Å². The van der Waals surface area contributed by atoms with Gasteiger partial charge in [-0.25, -0.2) is 0 Å². The lowest BCUT2D eigenvalue weighted by atomic mass is 9.86. The lowest BCUT2D eigenvalue weighted by Crippen LogP contribution is -2.34. The smallest absolute Gasteiger partial charge is 0.161 e. The van der Waals surface area contributed by atoms with Crippen molar-refractivity contribution >= 4 is 28.2 Å². The maximum absolute atomic E-state index is 6.53. The number of hydrogen-bond donors (Lipinski definition) is 0. The molecule has 254 valence electrons. The number of rotatable bonds is 10. The lowest BCUT2D eigenvalue weighted by molar-refractivity contribution is 0.204. The lowest BCUT2D eigenvalue weighted by Gasteiger charge is -2.34. The Kier molecular flexibility index (Phi) is 9.43. The van der Waals surface area contributed by atoms with Crippen LogP contribution in [0.3, 0.4) is 0 Å². The Morgan fingerprint density at radius 2 is 1.41 bits per heavy atom. The Hall–Kier alpha value is -5.94. The third-order valence-electron chi connectivity index (χ3n) is 9.75. The fourth-order valence-corrected chi connectivity index (χ4v) is 7.05. The molecule has 51 heavy (non-hydrogen) atoms. The number of ether oxygens (including phenoxy) is 3. The van der Waals surface area contributed by atoms with Crippen molar-refractivity contribution in [3.8, 4) is 17.2 Å². The first-order valence-corrected chi connectivity index (χ1v) is 17.8. The monoisotopic (exact) mass is 670 g/mol. The molecule has 8 rings (SSSR count). The molecule has 0 radical (unpaired) electrons. The summed E-state index contributed by atoms with van der Waals surface area (Å²) in [6.45, 7) is 4.79. The minimum absolute atomic E-state index is 0.324. The summed E-state index contributed by atoms with van der Waals surface area (Å²) in [6, 6.07) is 50.6. The van der Waals surface area contributed by atoms with Gasteiger partial charge >= 0.3 is 0 Å². The van der Waals surface area contributed by atoms with Crippen molar-refractivity contribution in [2.24, 2.45) is 5.92 Å². The molecule has 5 nitrogen and oxygen atoms in total. The van der Waals surface area contributed by atoms with Crippen LogP contribution in [-0.2, 0) is 17.6 Å². The van der Waals surface area contributed by atoms with Crippen molar-refractivity contribution < 1.29 is 14.2 Å². The van der Waals surface area contributed by atoms with Crippen molar-refractivity contribution in [3.05, 3.63) is 180 Å². The van der Waals surface area contributed by atoms with E-state index in [-0.39, 0.29) is 0 Å². The molecule has 5 heteroatoms. The zero-order valence-electron chi connectivity index (χ0n) is 29.0. The van der Waals surface area contributed by atoms with E-state index in [1.165, 1.54) is 22.4 Å². The highest BCUT2D eigenvalue weighted by Gasteiger charge is 2.25. The summed E-state index contributed by atoms with van der Waals surface area (Å²) < 4.78 is 19.3. The number of allylic oxidation sites excluding steroid dienone is 1. The molecule has 1 saturated heterocycles. The Morgan fingerprint density at radius 1 is 0.725 bits per heavy atom. The van der Waals surface area contributed by atoms with Crippen LogP contribution in [0.5, 0.6) is 17.2 Å². The number of hydrogen-bond acceptors (Lipinski definition) is 5. The minimum atomic E-state index is 0.324. The molecule has 0 N–H and O–H groups in total. The standard InChI is InChI=1S/C46H42N2O3/c1-2-47(41-14-8-4-9-15-41)32-49-43-21-18-36-19-22-44(28-38(36)27-43)51-45-23-20-37-25-35(24-34-12-6-3-7-13-34)26-40-31-48(42-16-10-5-11-17-42)33-50-46(40)30-39(37)29-45/h3-23,26-30,35H,2,24-25,31-33H2,1H3/b40-26+,46-30+. The zero-order valence-corrected chi connectivity index (χ0v) is 29.0. The van der Waals surface area contributed by atoms with Crippen molar-refractivity contribution in [2.75, 3.05) is 36.4 Å². The van der Waals surface area contributed by atoms with Crippen LogP contribution in [0.25, 0.3) is 16.8 Å². The van der Waals surface area contributed by atoms with Crippen LogP contribution in [-0.4, -0.2) is 26.6 Å². The molecule has 1 fully saturated rings. The summed E-state index contributed by atoms with van der Waals surface area (Å²) in [5.41, 5.74) is 7.30. The van der Waals surface area contributed by atoms with Gasteiger partial charge in [0, 0.05) is 30.0 Å². The van der Waals surface area contributed by atoms with Gasteiger partial charge in [0.05, 0.1) is 0 Å². The molecule has 0 spiro atoms. The van der Waals surface area contributed by atoms with Crippen LogP contribution < -0.4 is 19.3 Å². The number of para-hydroxylation sites is 2. The summed E-state index contributed by atoms with van der Waals surface area (Å²) in [5, 5.41) is 2.20. The van der Waals surface area contributed by atoms with Crippen molar-refractivity contribution in [3.63, 3.8) is 0 Å². The maximum atomic E-state index is 6.53. The van der Waals surface area contributed by atoms with E-state index in [1.807, 2.05) is 18.2 Å².